The first kappa shape index (κ1) is 13.0. The fourth-order valence-corrected chi connectivity index (χ4v) is 3.17. The van der Waals surface area contributed by atoms with Gasteiger partial charge in [-0.25, -0.2) is 0 Å². The third kappa shape index (κ3) is 1.88. The molecule has 1 aliphatic rings. The highest BCUT2D eigenvalue weighted by atomic mass is 16.3. The Morgan fingerprint density at radius 3 is 2.77 bits per heavy atom. The van der Waals surface area contributed by atoms with Gasteiger partial charge in [0.05, 0.1) is 11.1 Å². The summed E-state index contributed by atoms with van der Waals surface area (Å²) in [5.74, 6) is 1.03. The van der Waals surface area contributed by atoms with Crippen LogP contribution in [0, 0.1) is 0 Å². The topological polar surface area (TPSA) is 54.3 Å². The predicted molar refractivity (Wildman–Crippen MR) is 86.6 cm³/mol. The smallest absolute Gasteiger partial charge is 0.197 e. The van der Waals surface area contributed by atoms with E-state index in [1.165, 1.54) is 0 Å². The number of hydrogen-bond donors (Lipinski definition) is 2. The SMILES string of the molecule is O=C(c1ccccc1)c1c2n(c3ccc(O)cc13)CCCN2. The summed E-state index contributed by atoms with van der Waals surface area (Å²) in [4.78, 5) is 13.0. The van der Waals surface area contributed by atoms with Crippen molar-refractivity contribution < 1.29 is 9.90 Å². The number of nitrogens with zero attached hydrogens (tertiary/aromatic N) is 1. The second-order valence-corrected chi connectivity index (χ2v) is 5.55. The van der Waals surface area contributed by atoms with Gasteiger partial charge < -0.3 is 15.0 Å². The molecule has 0 unspecified atom stereocenters. The Morgan fingerprint density at radius 1 is 1.14 bits per heavy atom. The van der Waals surface area contributed by atoms with Crippen LogP contribution in [0.25, 0.3) is 10.9 Å². The Morgan fingerprint density at radius 2 is 1.95 bits per heavy atom. The van der Waals surface area contributed by atoms with Crippen LogP contribution in [-0.4, -0.2) is 22.0 Å². The second kappa shape index (κ2) is 4.91. The van der Waals surface area contributed by atoms with E-state index < -0.39 is 0 Å². The quantitative estimate of drug-likeness (QED) is 0.712. The van der Waals surface area contributed by atoms with Gasteiger partial charge in [0, 0.05) is 24.0 Å². The van der Waals surface area contributed by atoms with Gasteiger partial charge in [-0.3, -0.25) is 4.79 Å². The first-order valence-corrected chi connectivity index (χ1v) is 7.44. The van der Waals surface area contributed by atoms with Crippen LogP contribution in [-0.2, 0) is 6.54 Å². The van der Waals surface area contributed by atoms with E-state index in [0.29, 0.717) is 11.1 Å². The molecule has 22 heavy (non-hydrogen) atoms. The molecule has 4 heteroatoms. The number of benzene rings is 2. The standard InChI is InChI=1S/C18H16N2O2/c21-13-7-8-15-14(11-13)16(18-19-9-4-10-20(15)18)17(22)12-5-2-1-3-6-12/h1-3,5-8,11,19,21H,4,9-10H2. The van der Waals surface area contributed by atoms with Crippen molar-refractivity contribution in [1.82, 2.24) is 4.57 Å². The van der Waals surface area contributed by atoms with Crippen molar-refractivity contribution in [3.05, 3.63) is 59.7 Å². The highest BCUT2D eigenvalue weighted by molar-refractivity contribution is 6.20. The lowest BCUT2D eigenvalue weighted by Gasteiger charge is -2.19. The maximum absolute atomic E-state index is 13.0. The number of aromatic hydroxyl groups is 1. The molecule has 2 N–H and O–H groups in total. The summed E-state index contributed by atoms with van der Waals surface area (Å²) in [5.41, 5.74) is 2.30. The third-order valence-corrected chi connectivity index (χ3v) is 4.16. The molecule has 4 rings (SSSR count). The van der Waals surface area contributed by atoms with Crippen LogP contribution >= 0.6 is 0 Å². The number of phenolic OH excluding ortho intramolecular Hbond substituents is 1. The van der Waals surface area contributed by atoms with E-state index in [-0.39, 0.29) is 11.5 Å². The monoisotopic (exact) mass is 292 g/mol. The molecule has 0 aliphatic carbocycles. The highest BCUT2D eigenvalue weighted by Gasteiger charge is 2.25. The zero-order chi connectivity index (χ0) is 15.1. The molecular weight excluding hydrogens is 276 g/mol. The average molecular weight is 292 g/mol. The van der Waals surface area contributed by atoms with Crippen molar-refractivity contribution in [2.24, 2.45) is 0 Å². The molecule has 0 radical (unpaired) electrons. The number of hydrogen-bond acceptors (Lipinski definition) is 3. The maximum Gasteiger partial charge on any atom is 0.197 e. The highest BCUT2D eigenvalue weighted by Crippen LogP contribution is 2.35. The fourth-order valence-electron chi connectivity index (χ4n) is 3.17. The maximum atomic E-state index is 13.0. The number of carbonyl (C=O) groups is 1. The van der Waals surface area contributed by atoms with Crippen LogP contribution in [0.4, 0.5) is 5.82 Å². The first-order valence-electron chi connectivity index (χ1n) is 7.44. The van der Waals surface area contributed by atoms with Gasteiger partial charge in [0.1, 0.15) is 11.6 Å². The van der Waals surface area contributed by atoms with Crippen molar-refractivity contribution >= 4 is 22.5 Å². The molecule has 4 nitrogen and oxygen atoms in total. The van der Waals surface area contributed by atoms with Crippen LogP contribution in [0.15, 0.2) is 48.5 Å². The summed E-state index contributed by atoms with van der Waals surface area (Å²) < 4.78 is 2.13. The molecule has 0 atom stereocenters. The summed E-state index contributed by atoms with van der Waals surface area (Å²) in [7, 11) is 0. The summed E-state index contributed by atoms with van der Waals surface area (Å²) in [6.45, 7) is 1.74. The lowest BCUT2D eigenvalue weighted by Crippen LogP contribution is -2.18. The number of ketones is 1. The van der Waals surface area contributed by atoms with Gasteiger partial charge in [-0.05, 0) is 24.6 Å². The van der Waals surface area contributed by atoms with Crippen molar-refractivity contribution in [3.8, 4) is 5.75 Å². The molecule has 0 saturated heterocycles. The number of anilines is 1. The van der Waals surface area contributed by atoms with Gasteiger partial charge in [-0.15, -0.1) is 0 Å². The number of phenols is 1. The molecule has 2 aromatic carbocycles. The Balaban J connectivity index is 2.00. The first-order chi connectivity index (χ1) is 10.8. The van der Waals surface area contributed by atoms with Crippen molar-refractivity contribution in [3.63, 3.8) is 0 Å². The van der Waals surface area contributed by atoms with E-state index in [4.69, 9.17) is 0 Å². The minimum atomic E-state index is -0.0145. The number of carbonyl (C=O) groups excluding carboxylic acids is 1. The van der Waals surface area contributed by atoms with Gasteiger partial charge in [0.2, 0.25) is 0 Å². The van der Waals surface area contributed by atoms with E-state index in [9.17, 15) is 9.90 Å². The van der Waals surface area contributed by atoms with Gasteiger partial charge >= 0.3 is 0 Å². The molecule has 0 amide bonds. The van der Waals surface area contributed by atoms with Crippen LogP contribution in [0.2, 0.25) is 0 Å². The van der Waals surface area contributed by atoms with Gasteiger partial charge in [-0.2, -0.15) is 0 Å². The molecule has 0 bridgehead atoms. The van der Waals surface area contributed by atoms with Gasteiger partial charge in [0.15, 0.2) is 5.78 Å². The summed E-state index contributed by atoms with van der Waals surface area (Å²) in [6, 6.07) is 14.5. The molecule has 0 spiro atoms. The van der Waals surface area contributed by atoms with E-state index in [1.54, 1.807) is 12.1 Å². The minimum absolute atomic E-state index is 0.0145. The summed E-state index contributed by atoms with van der Waals surface area (Å²) >= 11 is 0. The zero-order valence-corrected chi connectivity index (χ0v) is 12.0. The summed E-state index contributed by atoms with van der Waals surface area (Å²) in [6.07, 6.45) is 1.02. The van der Waals surface area contributed by atoms with Crippen LogP contribution < -0.4 is 5.32 Å². The Labute approximate surface area is 128 Å². The Kier molecular flexibility index (Phi) is 2.89. The Hall–Kier alpha value is -2.75. The van der Waals surface area contributed by atoms with E-state index >= 15 is 0 Å². The summed E-state index contributed by atoms with van der Waals surface area (Å²) in [5, 5.41) is 14.0. The van der Waals surface area contributed by atoms with Crippen molar-refractivity contribution in [2.75, 3.05) is 11.9 Å². The van der Waals surface area contributed by atoms with Gasteiger partial charge in [0.25, 0.3) is 0 Å². The molecule has 110 valence electrons. The predicted octanol–water partition coefficient (Wildman–Crippen LogP) is 3.39. The second-order valence-electron chi connectivity index (χ2n) is 5.55. The van der Waals surface area contributed by atoms with Crippen LogP contribution in [0.1, 0.15) is 22.3 Å². The molecule has 2 heterocycles. The number of nitrogens with one attached hydrogen (secondary N) is 1. The minimum Gasteiger partial charge on any atom is -0.508 e. The average Bonchev–Trinajstić information content (AvgIpc) is 2.88. The lowest BCUT2D eigenvalue weighted by atomic mass is 10.0. The molecule has 0 saturated carbocycles. The van der Waals surface area contributed by atoms with Gasteiger partial charge in [-0.1, -0.05) is 30.3 Å². The molecule has 1 aliphatic heterocycles. The van der Waals surface area contributed by atoms with Crippen molar-refractivity contribution in [2.45, 2.75) is 13.0 Å². The lowest BCUT2D eigenvalue weighted by molar-refractivity contribution is 0.104. The number of fused-ring (bicyclic) bond motifs is 3. The van der Waals surface area contributed by atoms with E-state index in [1.807, 2.05) is 36.4 Å². The number of aromatic nitrogens is 1. The normalized spacial score (nSPS) is 13.6. The molecule has 3 aromatic rings. The van der Waals surface area contributed by atoms with Crippen molar-refractivity contribution in [1.29, 1.82) is 0 Å². The Bertz CT molecular complexity index is 866. The molecule has 1 aromatic heterocycles. The van der Waals surface area contributed by atoms with Crippen LogP contribution in [0.3, 0.4) is 0 Å². The molecular formula is C18H16N2O2. The molecule has 0 fully saturated rings. The number of rotatable bonds is 2. The zero-order valence-electron chi connectivity index (χ0n) is 12.0. The van der Waals surface area contributed by atoms with Crippen LogP contribution in [0.5, 0.6) is 5.75 Å². The van der Waals surface area contributed by atoms with E-state index in [2.05, 4.69) is 9.88 Å². The third-order valence-electron chi connectivity index (χ3n) is 4.16. The fraction of sp³-hybridized carbons (Fsp3) is 0.167. The largest absolute Gasteiger partial charge is 0.508 e. The van der Waals surface area contributed by atoms with E-state index in [0.717, 1.165) is 36.2 Å². The number of aryl methyl sites for hydroxylation is 1.